The van der Waals surface area contributed by atoms with Gasteiger partial charge in [-0.15, -0.1) is 0 Å². The number of hydrogen-bond acceptors (Lipinski definition) is 3. The lowest BCUT2D eigenvalue weighted by Crippen LogP contribution is -2.29. The molecule has 0 fully saturated rings. The van der Waals surface area contributed by atoms with Crippen LogP contribution in [0.4, 0.5) is 0 Å². The van der Waals surface area contributed by atoms with Crippen LogP contribution in [0, 0.1) is 0 Å². The second-order valence-corrected chi connectivity index (χ2v) is 4.37. The zero-order valence-electron chi connectivity index (χ0n) is 10.2. The van der Waals surface area contributed by atoms with E-state index in [9.17, 15) is 4.79 Å². The molecule has 0 radical (unpaired) electrons. The van der Waals surface area contributed by atoms with Gasteiger partial charge in [0, 0.05) is 11.6 Å². The van der Waals surface area contributed by atoms with Crippen molar-refractivity contribution in [2.45, 2.75) is 26.4 Å². The lowest BCUT2D eigenvalue weighted by molar-refractivity contribution is 0.0343. The molecule has 1 atom stereocenters. The van der Waals surface area contributed by atoms with Gasteiger partial charge < -0.3 is 10.1 Å². The summed E-state index contributed by atoms with van der Waals surface area (Å²) in [5.74, 6) is -0.335. The van der Waals surface area contributed by atoms with E-state index in [1.54, 1.807) is 24.3 Å². The van der Waals surface area contributed by atoms with Crippen LogP contribution in [0.3, 0.4) is 0 Å². The molecule has 4 heteroatoms. The first-order valence-electron chi connectivity index (χ1n) is 5.80. The maximum atomic E-state index is 11.7. The van der Waals surface area contributed by atoms with Gasteiger partial charge in [-0.1, -0.05) is 24.6 Å². The fourth-order valence-electron chi connectivity index (χ4n) is 1.39. The van der Waals surface area contributed by atoms with Crippen LogP contribution >= 0.6 is 11.6 Å². The highest BCUT2D eigenvalue weighted by Gasteiger charge is 2.11. The Hall–Kier alpha value is -1.06. The minimum absolute atomic E-state index is 0.145. The lowest BCUT2D eigenvalue weighted by Gasteiger charge is -2.13. The van der Waals surface area contributed by atoms with Crippen LogP contribution in [0.2, 0.25) is 5.02 Å². The summed E-state index contributed by atoms with van der Waals surface area (Å²) >= 11 is 5.81. The van der Waals surface area contributed by atoms with Crippen LogP contribution in [-0.4, -0.2) is 25.2 Å². The van der Waals surface area contributed by atoms with Crippen LogP contribution in [0.25, 0.3) is 0 Å². The number of benzene rings is 1. The normalized spacial score (nSPS) is 12.2. The van der Waals surface area contributed by atoms with Gasteiger partial charge in [-0.05, 0) is 38.1 Å². The van der Waals surface area contributed by atoms with E-state index in [0.717, 1.165) is 13.0 Å². The van der Waals surface area contributed by atoms with Crippen molar-refractivity contribution in [3.63, 3.8) is 0 Å². The minimum Gasteiger partial charge on any atom is -0.458 e. The molecule has 0 aliphatic heterocycles. The number of nitrogens with one attached hydrogen (secondary N) is 1. The van der Waals surface area contributed by atoms with Gasteiger partial charge in [0.2, 0.25) is 0 Å². The average Bonchev–Trinajstić information content (AvgIpc) is 2.29. The van der Waals surface area contributed by atoms with E-state index in [0.29, 0.717) is 17.1 Å². The summed E-state index contributed by atoms with van der Waals surface area (Å²) in [7, 11) is 0. The molecule has 1 aromatic carbocycles. The van der Waals surface area contributed by atoms with Gasteiger partial charge in [-0.3, -0.25) is 0 Å². The summed E-state index contributed by atoms with van der Waals surface area (Å²) in [6.45, 7) is 5.56. The van der Waals surface area contributed by atoms with Crippen molar-refractivity contribution in [3.8, 4) is 0 Å². The third kappa shape index (κ3) is 5.20. The highest BCUT2D eigenvalue weighted by atomic mass is 35.5. The molecule has 1 N–H and O–H groups in total. The minimum atomic E-state index is -0.335. The molecule has 0 spiro atoms. The molecule has 0 aromatic heterocycles. The number of esters is 1. The van der Waals surface area contributed by atoms with Crippen molar-refractivity contribution in [1.82, 2.24) is 5.32 Å². The predicted molar refractivity (Wildman–Crippen MR) is 69.5 cm³/mol. The SMILES string of the molecule is CCCNCC(C)OC(=O)c1cccc(Cl)c1. The second kappa shape index (κ2) is 7.30. The summed E-state index contributed by atoms with van der Waals surface area (Å²) in [5, 5.41) is 3.74. The summed E-state index contributed by atoms with van der Waals surface area (Å²) in [6, 6.07) is 6.76. The lowest BCUT2D eigenvalue weighted by atomic mass is 10.2. The van der Waals surface area contributed by atoms with E-state index in [2.05, 4.69) is 12.2 Å². The molecule has 0 amide bonds. The molecule has 3 nitrogen and oxygen atoms in total. The predicted octanol–water partition coefficient (Wildman–Crippen LogP) is 2.88. The number of carbonyl (C=O) groups is 1. The Bertz CT molecular complexity index is 368. The Morgan fingerprint density at radius 3 is 2.94 bits per heavy atom. The maximum Gasteiger partial charge on any atom is 0.338 e. The molecule has 0 heterocycles. The monoisotopic (exact) mass is 255 g/mol. The Balaban J connectivity index is 2.43. The highest BCUT2D eigenvalue weighted by molar-refractivity contribution is 6.30. The number of halogens is 1. The molecule has 1 rings (SSSR count). The van der Waals surface area contributed by atoms with Crippen LogP contribution < -0.4 is 5.32 Å². The highest BCUT2D eigenvalue weighted by Crippen LogP contribution is 2.12. The number of carbonyl (C=O) groups excluding carboxylic acids is 1. The number of rotatable bonds is 6. The zero-order chi connectivity index (χ0) is 12.7. The van der Waals surface area contributed by atoms with E-state index in [1.165, 1.54) is 0 Å². The first kappa shape index (κ1) is 14.0. The van der Waals surface area contributed by atoms with E-state index in [4.69, 9.17) is 16.3 Å². The van der Waals surface area contributed by atoms with Crippen LogP contribution in [0.15, 0.2) is 24.3 Å². The molecular weight excluding hydrogens is 238 g/mol. The Labute approximate surface area is 107 Å². The molecule has 1 unspecified atom stereocenters. The van der Waals surface area contributed by atoms with E-state index < -0.39 is 0 Å². The molecule has 0 aliphatic carbocycles. The van der Waals surface area contributed by atoms with Crippen LogP contribution in [0.5, 0.6) is 0 Å². The zero-order valence-corrected chi connectivity index (χ0v) is 11.0. The van der Waals surface area contributed by atoms with Gasteiger partial charge in [0.15, 0.2) is 0 Å². The van der Waals surface area contributed by atoms with Crippen molar-refractivity contribution in [2.75, 3.05) is 13.1 Å². The molecule has 94 valence electrons. The van der Waals surface area contributed by atoms with E-state index in [1.807, 2.05) is 6.92 Å². The molecule has 0 saturated carbocycles. The summed E-state index contributed by atoms with van der Waals surface area (Å²) in [4.78, 5) is 11.7. The Morgan fingerprint density at radius 2 is 2.29 bits per heavy atom. The van der Waals surface area contributed by atoms with Crippen molar-refractivity contribution < 1.29 is 9.53 Å². The van der Waals surface area contributed by atoms with E-state index in [-0.39, 0.29) is 12.1 Å². The first-order valence-corrected chi connectivity index (χ1v) is 6.18. The van der Waals surface area contributed by atoms with Gasteiger partial charge in [-0.25, -0.2) is 4.79 Å². The summed E-state index contributed by atoms with van der Waals surface area (Å²) < 4.78 is 5.28. The molecule has 17 heavy (non-hydrogen) atoms. The summed E-state index contributed by atoms with van der Waals surface area (Å²) in [5.41, 5.74) is 0.486. The Kier molecular flexibility index (Phi) is 6.01. The van der Waals surface area contributed by atoms with Gasteiger partial charge in [0.1, 0.15) is 6.10 Å². The molecule has 1 aromatic rings. The second-order valence-electron chi connectivity index (χ2n) is 3.93. The quantitative estimate of drug-likeness (QED) is 0.628. The smallest absolute Gasteiger partial charge is 0.338 e. The van der Waals surface area contributed by atoms with Gasteiger partial charge >= 0.3 is 5.97 Å². The van der Waals surface area contributed by atoms with Crippen LogP contribution in [-0.2, 0) is 4.74 Å². The standard InChI is InChI=1S/C13H18ClNO2/c1-3-7-15-9-10(2)17-13(16)11-5-4-6-12(14)8-11/h4-6,8,10,15H,3,7,9H2,1-2H3. The number of hydrogen-bond donors (Lipinski definition) is 1. The fraction of sp³-hybridized carbons (Fsp3) is 0.462. The maximum absolute atomic E-state index is 11.7. The molecule has 0 saturated heterocycles. The third-order valence-electron chi connectivity index (χ3n) is 2.23. The van der Waals surface area contributed by atoms with Gasteiger partial charge in [0.05, 0.1) is 5.56 Å². The molecule has 0 aliphatic rings. The topological polar surface area (TPSA) is 38.3 Å². The fourth-order valence-corrected chi connectivity index (χ4v) is 1.58. The van der Waals surface area contributed by atoms with Gasteiger partial charge in [0.25, 0.3) is 0 Å². The van der Waals surface area contributed by atoms with Crippen molar-refractivity contribution in [2.24, 2.45) is 0 Å². The summed E-state index contributed by atoms with van der Waals surface area (Å²) in [6.07, 6.45) is 0.919. The van der Waals surface area contributed by atoms with Crippen molar-refractivity contribution in [1.29, 1.82) is 0 Å². The van der Waals surface area contributed by atoms with Gasteiger partial charge in [-0.2, -0.15) is 0 Å². The third-order valence-corrected chi connectivity index (χ3v) is 2.46. The van der Waals surface area contributed by atoms with Crippen molar-refractivity contribution in [3.05, 3.63) is 34.9 Å². The molecule has 0 bridgehead atoms. The molecular formula is C13H18ClNO2. The average molecular weight is 256 g/mol. The van der Waals surface area contributed by atoms with E-state index >= 15 is 0 Å². The van der Waals surface area contributed by atoms with Crippen molar-refractivity contribution >= 4 is 17.6 Å². The first-order chi connectivity index (χ1) is 8.13. The Morgan fingerprint density at radius 1 is 1.53 bits per heavy atom. The largest absolute Gasteiger partial charge is 0.458 e. The van der Waals surface area contributed by atoms with Crippen LogP contribution in [0.1, 0.15) is 30.6 Å². The number of ether oxygens (including phenoxy) is 1.